The summed E-state index contributed by atoms with van der Waals surface area (Å²) in [5.74, 6) is 1.09. The SMILES string of the molecule is CN1CCC[C@H]1CCSc1ccc(S(C)(=O)=O)cc1. The Labute approximate surface area is 120 Å². The Morgan fingerprint density at radius 3 is 2.53 bits per heavy atom. The van der Waals surface area contributed by atoms with Crippen molar-refractivity contribution in [2.24, 2.45) is 0 Å². The zero-order chi connectivity index (χ0) is 13.9. The molecule has 3 nitrogen and oxygen atoms in total. The van der Waals surface area contributed by atoms with Gasteiger partial charge in [0.1, 0.15) is 0 Å². The minimum atomic E-state index is -3.08. The van der Waals surface area contributed by atoms with E-state index >= 15 is 0 Å². The molecule has 106 valence electrons. The molecule has 1 aliphatic heterocycles. The molecule has 19 heavy (non-hydrogen) atoms. The van der Waals surface area contributed by atoms with Crippen molar-refractivity contribution >= 4 is 21.6 Å². The summed E-state index contributed by atoms with van der Waals surface area (Å²) < 4.78 is 22.7. The maximum Gasteiger partial charge on any atom is 0.175 e. The molecule has 1 fully saturated rings. The highest BCUT2D eigenvalue weighted by molar-refractivity contribution is 7.99. The molecule has 1 atom stereocenters. The highest BCUT2D eigenvalue weighted by Gasteiger charge is 2.19. The second-order valence-electron chi connectivity index (χ2n) is 5.16. The highest BCUT2D eigenvalue weighted by Crippen LogP contribution is 2.24. The van der Waals surface area contributed by atoms with Gasteiger partial charge in [-0.2, -0.15) is 0 Å². The fraction of sp³-hybridized carbons (Fsp3) is 0.571. The molecule has 0 bridgehead atoms. The van der Waals surface area contributed by atoms with Gasteiger partial charge in [0.15, 0.2) is 9.84 Å². The molecule has 0 amide bonds. The predicted octanol–water partition coefficient (Wildman–Crippen LogP) is 2.67. The number of sulfone groups is 1. The van der Waals surface area contributed by atoms with Gasteiger partial charge in [0.05, 0.1) is 4.90 Å². The van der Waals surface area contributed by atoms with Crippen LogP contribution in [0.25, 0.3) is 0 Å². The average molecular weight is 299 g/mol. The molecule has 1 aromatic rings. The van der Waals surface area contributed by atoms with E-state index in [4.69, 9.17) is 0 Å². The quantitative estimate of drug-likeness (QED) is 0.783. The Morgan fingerprint density at radius 2 is 2.00 bits per heavy atom. The van der Waals surface area contributed by atoms with Crippen molar-refractivity contribution < 1.29 is 8.42 Å². The van der Waals surface area contributed by atoms with Crippen molar-refractivity contribution in [3.63, 3.8) is 0 Å². The van der Waals surface area contributed by atoms with Crippen molar-refractivity contribution in [3.8, 4) is 0 Å². The molecule has 1 saturated heterocycles. The molecule has 0 aliphatic carbocycles. The molecule has 0 spiro atoms. The number of thioether (sulfide) groups is 1. The Balaban J connectivity index is 1.83. The number of rotatable bonds is 5. The summed E-state index contributed by atoms with van der Waals surface area (Å²) >= 11 is 1.81. The normalized spacial score (nSPS) is 20.8. The largest absolute Gasteiger partial charge is 0.303 e. The van der Waals surface area contributed by atoms with Crippen LogP contribution in [0.5, 0.6) is 0 Å². The smallest absolute Gasteiger partial charge is 0.175 e. The van der Waals surface area contributed by atoms with Crippen LogP contribution in [0.3, 0.4) is 0 Å². The first-order valence-corrected chi connectivity index (χ1v) is 9.48. The first-order chi connectivity index (χ1) is 8.97. The fourth-order valence-corrected chi connectivity index (χ4v) is 4.02. The maximum atomic E-state index is 11.4. The van der Waals surface area contributed by atoms with Crippen LogP contribution in [0, 0.1) is 0 Å². The molecule has 1 heterocycles. The fourth-order valence-electron chi connectivity index (χ4n) is 2.44. The third-order valence-electron chi connectivity index (χ3n) is 3.64. The van der Waals surface area contributed by atoms with Crippen molar-refractivity contribution in [3.05, 3.63) is 24.3 Å². The van der Waals surface area contributed by atoms with Crippen molar-refractivity contribution in [1.29, 1.82) is 0 Å². The summed E-state index contributed by atoms with van der Waals surface area (Å²) in [5.41, 5.74) is 0. The Morgan fingerprint density at radius 1 is 1.32 bits per heavy atom. The molecule has 5 heteroatoms. The third-order valence-corrected chi connectivity index (χ3v) is 5.82. The average Bonchev–Trinajstić information content (AvgIpc) is 2.75. The molecule has 0 saturated carbocycles. The lowest BCUT2D eigenvalue weighted by Crippen LogP contribution is -2.25. The minimum Gasteiger partial charge on any atom is -0.303 e. The van der Waals surface area contributed by atoms with Crippen LogP contribution in [0.1, 0.15) is 19.3 Å². The van der Waals surface area contributed by atoms with Crippen molar-refractivity contribution in [1.82, 2.24) is 4.90 Å². The predicted molar refractivity (Wildman–Crippen MR) is 80.5 cm³/mol. The molecular weight excluding hydrogens is 278 g/mol. The van der Waals surface area contributed by atoms with Gasteiger partial charge in [-0.1, -0.05) is 0 Å². The van der Waals surface area contributed by atoms with E-state index in [-0.39, 0.29) is 0 Å². The van der Waals surface area contributed by atoms with Gasteiger partial charge in [-0.15, -0.1) is 11.8 Å². The molecule has 0 N–H and O–H groups in total. The summed E-state index contributed by atoms with van der Waals surface area (Å²) in [7, 11) is -0.879. The number of hydrogen-bond donors (Lipinski definition) is 0. The number of nitrogens with zero attached hydrogens (tertiary/aromatic N) is 1. The van der Waals surface area contributed by atoms with Crippen LogP contribution in [-0.4, -0.2) is 45.0 Å². The standard InChI is InChI=1S/C14H21NO2S2/c1-15-10-3-4-12(15)9-11-18-13-5-7-14(8-6-13)19(2,16)17/h5-8,12H,3-4,9-11H2,1-2H3/t12-/m0/s1. The molecule has 2 rings (SSSR count). The zero-order valence-electron chi connectivity index (χ0n) is 11.5. The van der Waals surface area contributed by atoms with Gasteiger partial charge in [0.25, 0.3) is 0 Å². The van der Waals surface area contributed by atoms with Crippen molar-refractivity contribution in [2.75, 3.05) is 25.6 Å². The van der Waals surface area contributed by atoms with Crippen LogP contribution < -0.4 is 0 Å². The van der Waals surface area contributed by atoms with Crippen LogP contribution in [-0.2, 0) is 9.84 Å². The van der Waals surface area contributed by atoms with E-state index in [2.05, 4.69) is 11.9 Å². The molecule has 0 aromatic heterocycles. The molecule has 0 unspecified atom stereocenters. The monoisotopic (exact) mass is 299 g/mol. The van der Waals surface area contributed by atoms with Gasteiger partial charge in [-0.05, 0) is 62.9 Å². The zero-order valence-corrected chi connectivity index (χ0v) is 13.1. The van der Waals surface area contributed by atoms with E-state index in [1.54, 1.807) is 12.1 Å². The van der Waals surface area contributed by atoms with Gasteiger partial charge in [0, 0.05) is 17.2 Å². The summed E-state index contributed by atoms with van der Waals surface area (Å²) in [6.45, 7) is 1.22. The Hall–Kier alpha value is -0.520. The number of likely N-dealkylation sites (tertiary alicyclic amines) is 1. The lowest BCUT2D eigenvalue weighted by molar-refractivity contribution is 0.305. The summed E-state index contributed by atoms with van der Waals surface area (Å²) in [4.78, 5) is 3.98. The van der Waals surface area contributed by atoms with E-state index in [1.807, 2.05) is 23.9 Å². The van der Waals surface area contributed by atoms with Crippen LogP contribution in [0.2, 0.25) is 0 Å². The Bertz CT molecular complexity index is 511. The second-order valence-corrected chi connectivity index (χ2v) is 8.34. The van der Waals surface area contributed by atoms with Gasteiger partial charge >= 0.3 is 0 Å². The van der Waals surface area contributed by atoms with E-state index in [0.717, 1.165) is 16.7 Å². The maximum absolute atomic E-state index is 11.4. The molecule has 1 aliphatic rings. The Kier molecular flexibility index (Phi) is 4.92. The van der Waals surface area contributed by atoms with Gasteiger partial charge in [0.2, 0.25) is 0 Å². The summed E-state index contributed by atoms with van der Waals surface area (Å²) in [6.07, 6.45) is 5.07. The first kappa shape index (κ1) is 14.9. The van der Waals surface area contributed by atoms with Gasteiger partial charge < -0.3 is 4.90 Å². The summed E-state index contributed by atoms with van der Waals surface area (Å²) in [6, 6.07) is 7.92. The van der Waals surface area contributed by atoms with Crippen molar-refractivity contribution in [2.45, 2.75) is 35.1 Å². The van der Waals surface area contributed by atoms with Gasteiger partial charge in [-0.3, -0.25) is 0 Å². The topological polar surface area (TPSA) is 37.4 Å². The second kappa shape index (κ2) is 6.29. The lowest BCUT2D eigenvalue weighted by Gasteiger charge is -2.18. The number of hydrogen-bond acceptors (Lipinski definition) is 4. The van der Waals surface area contributed by atoms with E-state index in [0.29, 0.717) is 4.90 Å². The first-order valence-electron chi connectivity index (χ1n) is 6.60. The molecule has 1 aromatic carbocycles. The molecule has 0 radical (unpaired) electrons. The van der Waals surface area contributed by atoms with E-state index in [1.165, 1.54) is 32.1 Å². The minimum absolute atomic E-state index is 0.396. The molecular formula is C14H21NO2S2. The summed E-state index contributed by atoms with van der Waals surface area (Å²) in [5, 5.41) is 0. The van der Waals surface area contributed by atoms with Crippen LogP contribution in [0.15, 0.2) is 34.1 Å². The number of benzene rings is 1. The van der Waals surface area contributed by atoms with Crippen LogP contribution in [0.4, 0.5) is 0 Å². The lowest BCUT2D eigenvalue weighted by atomic mass is 10.2. The van der Waals surface area contributed by atoms with E-state index < -0.39 is 9.84 Å². The third kappa shape index (κ3) is 4.23. The van der Waals surface area contributed by atoms with Crippen LogP contribution >= 0.6 is 11.8 Å². The van der Waals surface area contributed by atoms with E-state index in [9.17, 15) is 8.42 Å². The highest BCUT2D eigenvalue weighted by atomic mass is 32.2. The van der Waals surface area contributed by atoms with Gasteiger partial charge in [-0.25, -0.2) is 8.42 Å².